The molecular formula is C20H15NO5S. The lowest BCUT2D eigenvalue weighted by atomic mass is 10.0. The molecule has 0 bridgehead atoms. The van der Waals surface area contributed by atoms with Gasteiger partial charge in [0.05, 0.1) is 22.6 Å². The predicted octanol–water partition coefficient (Wildman–Crippen LogP) is 2.93. The molecule has 136 valence electrons. The van der Waals surface area contributed by atoms with Crippen molar-refractivity contribution in [3.8, 4) is 0 Å². The zero-order valence-electron chi connectivity index (χ0n) is 14.4. The first kappa shape index (κ1) is 17.2. The van der Waals surface area contributed by atoms with E-state index in [-0.39, 0.29) is 44.7 Å². The molecule has 6 nitrogen and oxygen atoms in total. The van der Waals surface area contributed by atoms with E-state index in [2.05, 4.69) is 0 Å². The molecule has 0 N–H and O–H groups in total. The molecule has 1 aliphatic heterocycles. The van der Waals surface area contributed by atoms with Crippen molar-refractivity contribution in [3.63, 3.8) is 0 Å². The van der Waals surface area contributed by atoms with Gasteiger partial charge in [-0.05, 0) is 42.5 Å². The summed E-state index contributed by atoms with van der Waals surface area (Å²) in [6.45, 7) is 0.247. The lowest BCUT2D eigenvalue weighted by Crippen LogP contribution is -2.27. The Morgan fingerprint density at radius 3 is 2.48 bits per heavy atom. The number of hydrogen-bond acceptors (Lipinski definition) is 5. The SMILES string of the molecule is CN(Cc1ccco1)C(=O)c1ccc2c(c1)S(=O)(=O)c1ccccc1C2=O. The van der Waals surface area contributed by atoms with Crippen LogP contribution in [0.25, 0.3) is 0 Å². The third-order valence-electron chi connectivity index (χ3n) is 4.50. The maximum absolute atomic E-state index is 12.9. The quantitative estimate of drug-likeness (QED) is 0.545. The van der Waals surface area contributed by atoms with Gasteiger partial charge in [-0.15, -0.1) is 0 Å². The van der Waals surface area contributed by atoms with Crippen LogP contribution in [0.15, 0.2) is 75.1 Å². The normalized spacial score (nSPS) is 14.3. The fourth-order valence-electron chi connectivity index (χ4n) is 3.15. The number of carbonyl (C=O) groups excluding carboxylic acids is 2. The summed E-state index contributed by atoms with van der Waals surface area (Å²) in [5.41, 5.74) is 0.427. The second-order valence-corrected chi connectivity index (χ2v) is 8.17. The van der Waals surface area contributed by atoms with Crippen molar-refractivity contribution >= 4 is 21.5 Å². The third kappa shape index (κ3) is 2.76. The largest absolute Gasteiger partial charge is 0.467 e. The Balaban J connectivity index is 1.74. The van der Waals surface area contributed by atoms with Crippen LogP contribution in [0.1, 0.15) is 32.0 Å². The molecule has 0 spiro atoms. The standard InChI is InChI=1S/C20H15NO5S/c1-21(12-14-5-4-10-26-14)20(23)13-8-9-16-18(11-13)27(24,25)17-7-3-2-6-15(17)19(16)22/h2-11H,12H2,1H3. The molecule has 0 unspecified atom stereocenters. The minimum Gasteiger partial charge on any atom is -0.467 e. The first-order chi connectivity index (χ1) is 12.9. The molecule has 0 radical (unpaired) electrons. The highest BCUT2D eigenvalue weighted by molar-refractivity contribution is 7.91. The lowest BCUT2D eigenvalue weighted by molar-refractivity contribution is 0.0774. The number of furan rings is 1. The van der Waals surface area contributed by atoms with Crippen LogP contribution in [0, 0.1) is 0 Å². The van der Waals surface area contributed by atoms with Crippen LogP contribution in [0.2, 0.25) is 0 Å². The van der Waals surface area contributed by atoms with E-state index in [4.69, 9.17) is 4.42 Å². The van der Waals surface area contributed by atoms with Crippen molar-refractivity contribution in [2.75, 3.05) is 7.05 Å². The van der Waals surface area contributed by atoms with E-state index >= 15 is 0 Å². The van der Waals surface area contributed by atoms with E-state index in [1.807, 2.05) is 0 Å². The van der Waals surface area contributed by atoms with E-state index in [1.54, 1.807) is 31.3 Å². The maximum Gasteiger partial charge on any atom is 0.254 e. The highest BCUT2D eigenvalue weighted by Crippen LogP contribution is 2.34. The Kier molecular flexibility index (Phi) is 3.96. The number of fused-ring (bicyclic) bond motifs is 2. The topological polar surface area (TPSA) is 84.7 Å². The van der Waals surface area contributed by atoms with Gasteiger partial charge in [-0.2, -0.15) is 0 Å². The minimum atomic E-state index is -3.88. The van der Waals surface area contributed by atoms with Crippen molar-refractivity contribution in [2.24, 2.45) is 0 Å². The summed E-state index contributed by atoms with van der Waals surface area (Å²) in [4.78, 5) is 26.6. The number of sulfone groups is 1. The summed E-state index contributed by atoms with van der Waals surface area (Å²) in [7, 11) is -2.28. The van der Waals surface area contributed by atoms with Crippen molar-refractivity contribution < 1.29 is 22.4 Å². The molecule has 0 aliphatic carbocycles. The van der Waals surface area contributed by atoms with Crippen molar-refractivity contribution in [1.82, 2.24) is 4.90 Å². The second-order valence-electron chi connectivity index (χ2n) is 6.28. The fraction of sp³-hybridized carbons (Fsp3) is 0.100. The molecule has 0 saturated carbocycles. The van der Waals surface area contributed by atoms with E-state index < -0.39 is 9.84 Å². The number of benzene rings is 2. The highest BCUT2D eigenvalue weighted by atomic mass is 32.2. The molecule has 2 heterocycles. The van der Waals surface area contributed by atoms with Gasteiger partial charge in [0.1, 0.15) is 5.76 Å². The number of amides is 1. The number of rotatable bonds is 3. The van der Waals surface area contributed by atoms with Gasteiger partial charge in [0.15, 0.2) is 5.78 Å². The number of nitrogens with zero attached hydrogens (tertiary/aromatic N) is 1. The first-order valence-corrected chi connectivity index (χ1v) is 9.68. The van der Waals surface area contributed by atoms with E-state index in [9.17, 15) is 18.0 Å². The average Bonchev–Trinajstić information content (AvgIpc) is 3.18. The fourth-order valence-corrected chi connectivity index (χ4v) is 4.82. The summed E-state index contributed by atoms with van der Waals surface area (Å²) < 4.78 is 31.1. The van der Waals surface area contributed by atoms with Crippen LogP contribution >= 0.6 is 0 Å². The Labute approximate surface area is 156 Å². The van der Waals surface area contributed by atoms with Gasteiger partial charge in [0.2, 0.25) is 9.84 Å². The molecule has 0 fully saturated rings. The van der Waals surface area contributed by atoms with Crippen LogP contribution < -0.4 is 0 Å². The molecule has 1 aliphatic rings. The Bertz CT molecular complexity index is 1160. The average molecular weight is 381 g/mol. The maximum atomic E-state index is 12.9. The van der Waals surface area contributed by atoms with E-state index in [1.165, 1.54) is 41.5 Å². The number of carbonyl (C=O) groups is 2. The monoisotopic (exact) mass is 381 g/mol. The third-order valence-corrected chi connectivity index (χ3v) is 6.36. The Morgan fingerprint density at radius 2 is 1.74 bits per heavy atom. The van der Waals surface area contributed by atoms with E-state index in [0.717, 1.165) is 0 Å². The Hall–Kier alpha value is -3.19. The zero-order valence-corrected chi connectivity index (χ0v) is 15.2. The molecule has 4 rings (SSSR count). The van der Waals surface area contributed by atoms with Gasteiger partial charge in [-0.1, -0.05) is 12.1 Å². The smallest absolute Gasteiger partial charge is 0.254 e. The van der Waals surface area contributed by atoms with Gasteiger partial charge in [-0.25, -0.2) is 8.42 Å². The lowest BCUT2D eigenvalue weighted by Gasteiger charge is -2.20. The van der Waals surface area contributed by atoms with Gasteiger partial charge in [0, 0.05) is 23.7 Å². The molecule has 0 saturated heterocycles. The minimum absolute atomic E-state index is 0.0314. The number of hydrogen-bond donors (Lipinski definition) is 0. The molecule has 1 aromatic heterocycles. The van der Waals surface area contributed by atoms with Crippen molar-refractivity contribution in [3.05, 3.63) is 83.3 Å². The second kappa shape index (κ2) is 6.21. The Morgan fingerprint density at radius 1 is 1.00 bits per heavy atom. The summed E-state index contributed by atoms with van der Waals surface area (Å²) in [6.07, 6.45) is 1.52. The van der Waals surface area contributed by atoms with Crippen LogP contribution in [0.3, 0.4) is 0 Å². The van der Waals surface area contributed by atoms with Gasteiger partial charge >= 0.3 is 0 Å². The molecular weight excluding hydrogens is 366 g/mol. The van der Waals surface area contributed by atoms with Crippen LogP contribution in [0.5, 0.6) is 0 Å². The van der Waals surface area contributed by atoms with E-state index in [0.29, 0.717) is 5.76 Å². The van der Waals surface area contributed by atoms with Crippen LogP contribution in [-0.2, 0) is 16.4 Å². The summed E-state index contributed by atoms with van der Waals surface area (Å²) in [5.74, 6) is -0.116. The molecule has 1 amide bonds. The van der Waals surface area contributed by atoms with Crippen LogP contribution in [-0.4, -0.2) is 32.1 Å². The first-order valence-electron chi connectivity index (χ1n) is 8.20. The van der Waals surface area contributed by atoms with Gasteiger partial charge in [-0.3, -0.25) is 9.59 Å². The highest BCUT2D eigenvalue weighted by Gasteiger charge is 2.35. The molecule has 27 heavy (non-hydrogen) atoms. The molecule has 7 heteroatoms. The molecule has 2 aromatic carbocycles. The zero-order chi connectivity index (χ0) is 19.2. The van der Waals surface area contributed by atoms with Gasteiger partial charge < -0.3 is 9.32 Å². The molecule has 0 atom stereocenters. The van der Waals surface area contributed by atoms with Crippen molar-refractivity contribution in [1.29, 1.82) is 0 Å². The summed E-state index contributed by atoms with van der Waals surface area (Å²) in [5, 5.41) is 0. The summed E-state index contributed by atoms with van der Waals surface area (Å²) >= 11 is 0. The van der Waals surface area contributed by atoms with Crippen LogP contribution in [0.4, 0.5) is 0 Å². The summed E-state index contributed by atoms with van der Waals surface area (Å²) in [6, 6.07) is 13.7. The van der Waals surface area contributed by atoms with Crippen molar-refractivity contribution in [2.45, 2.75) is 16.3 Å². The number of ketones is 1. The van der Waals surface area contributed by atoms with Gasteiger partial charge in [0.25, 0.3) is 5.91 Å². The predicted molar refractivity (Wildman–Crippen MR) is 96.3 cm³/mol. The molecule has 3 aromatic rings.